The second-order valence-electron chi connectivity index (χ2n) is 4.78. The van der Waals surface area contributed by atoms with E-state index < -0.39 is 0 Å². The van der Waals surface area contributed by atoms with Crippen LogP contribution in [0.5, 0.6) is 0 Å². The quantitative estimate of drug-likeness (QED) is 0.835. The lowest BCUT2D eigenvalue weighted by atomic mass is 9.91. The van der Waals surface area contributed by atoms with E-state index in [1.54, 1.807) is 0 Å². The number of likely N-dealkylation sites (N-methyl/N-ethyl adjacent to an activating group) is 1. The van der Waals surface area contributed by atoms with Crippen LogP contribution in [0, 0.1) is 0 Å². The van der Waals surface area contributed by atoms with Gasteiger partial charge in [0.25, 0.3) is 0 Å². The molecule has 0 spiro atoms. The van der Waals surface area contributed by atoms with Crippen LogP contribution < -0.4 is 5.32 Å². The third-order valence-corrected chi connectivity index (χ3v) is 5.24. The Morgan fingerprint density at radius 3 is 3.00 bits per heavy atom. The lowest BCUT2D eigenvalue weighted by molar-refractivity contribution is 0.451. The number of fused-ring (bicyclic) bond motifs is 1. The summed E-state index contributed by atoms with van der Waals surface area (Å²) in [5.41, 5.74) is 2.69. The molecule has 0 saturated carbocycles. The number of thioether (sulfide) groups is 1. The smallest absolute Gasteiger partial charge is 0.0816 e. The van der Waals surface area contributed by atoms with Gasteiger partial charge in [0.05, 0.1) is 4.87 Å². The Hall–Kier alpha value is -0.180. The molecule has 0 radical (unpaired) electrons. The van der Waals surface area contributed by atoms with E-state index in [0.29, 0.717) is 0 Å². The van der Waals surface area contributed by atoms with Crippen LogP contribution in [0.1, 0.15) is 31.9 Å². The van der Waals surface area contributed by atoms with Gasteiger partial charge in [-0.3, -0.25) is 0 Å². The van der Waals surface area contributed by atoms with Gasteiger partial charge in [-0.05, 0) is 44.0 Å². The number of alkyl halides is 1. The van der Waals surface area contributed by atoms with Gasteiger partial charge in [0.2, 0.25) is 0 Å². The fourth-order valence-corrected chi connectivity index (χ4v) is 3.49. The monoisotopic (exact) mass is 269 g/mol. The zero-order chi connectivity index (χ0) is 12.5. The molecule has 0 saturated heterocycles. The van der Waals surface area contributed by atoms with E-state index in [1.165, 1.54) is 28.2 Å². The minimum Gasteiger partial charge on any atom is -0.312 e. The van der Waals surface area contributed by atoms with Crippen LogP contribution in [-0.4, -0.2) is 18.3 Å². The summed E-state index contributed by atoms with van der Waals surface area (Å²) in [5.74, 6) is 1.21. The highest BCUT2D eigenvalue weighted by atomic mass is 35.5. The van der Waals surface area contributed by atoms with Crippen LogP contribution in [-0.2, 0) is 11.3 Å². The highest BCUT2D eigenvalue weighted by Gasteiger charge is 2.31. The number of nitrogens with one attached hydrogen (secondary N) is 1. The molecule has 1 heterocycles. The zero-order valence-electron chi connectivity index (χ0n) is 10.7. The lowest BCUT2D eigenvalue weighted by Crippen LogP contribution is -2.40. The van der Waals surface area contributed by atoms with Crippen LogP contribution in [0.15, 0.2) is 23.1 Å². The Bertz CT molecular complexity index is 403. The number of halogens is 1. The molecule has 0 bridgehead atoms. The van der Waals surface area contributed by atoms with Gasteiger partial charge >= 0.3 is 0 Å². The molecule has 1 aromatic rings. The van der Waals surface area contributed by atoms with E-state index in [0.717, 1.165) is 6.54 Å². The fraction of sp³-hybridized carbons (Fsp3) is 0.571. The van der Waals surface area contributed by atoms with Gasteiger partial charge in [-0.2, -0.15) is 0 Å². The highest BCUT2D eigenvalue weighted by Crippen LogP contribution is 2.38. The van der Waals surface area contributed by atoms with Crippen molar-refractivity contribution >= 4 is 23.4 Å². The van der Waals surface area contributed by atoms with E-state index in [2.05, 4.69) is 44.3 Å². The number of aryl methyl sites for hydroxylation is 1. The summed E-state index contributed by atoms with van der Waals surface area (Å²) in [6.07, 6.45) is 1.18. The molecule has 2 unspecified atom stereocenters. The minimum absolute atomic E-state index is 0.265. The van der Waals surface area contributed by atoms with Gasteiger partial charge in [-0.1, -0.05) is 19.1 Å². The SMILES string of the molecule is CCNC(C)C(C)(Cl)c1ccc2c(c1)CCS2. The molecule has 1 N–H and O–H groups in total. The van der Waals surface area contributed by atoms with Crippen molar-refractivity contribution in [1.82, 2.24) is 5.32 Å². The third kappa shape index (κ3) is 2.64. The molecule has 0 fully saturated rings. The van der Waals surface area contributed by atoms with Crippen LogP contribution >= 0.6 is 23.4 Å². The van der Waals surface area contributed by atoms with E-state index in [9.17, 15) is 0 Å². The van der Waals surface area contributed by atoms with Gasteiger partial charge in [0.15, 0.2) is 0 Å². The molecule has 17 heavy (non-hydrogen) atoms. The van der Waals surface area contributed by atoms with Crippen molar-refractivity contribution < 1.29 is 0 Å². The van der Waals surface area contributed by atoms with Gasteiger partial charge in [0, 0.05) is 16.7 Å². The first-order valence-electron chi connectivity index (χ1n) is 6.24. The second kappa shape index (κ2) is 5.21. The first kappa shape index (κ1) is 13.3. The average Bonchev–Trinajstić information content (AvgIpc) is 2.76. The number of hydrogen-bond acceptors (Lipinski definition) is 2. The Labute approximate surface area is 113 Å². The van der Waals surface area contributed by atoms with Crippen molar-refractivity contribution in [2.75, 3.05) is 12.3 Å². The van der Waals surface area contributed by atoms with Crippen molar-refractivity contribution in [3.8, 4) is 0 Å². The maximum absolute atomic E-state index is 6.72. The molecule has 0 aromatic heterocycles. The van der Waals surface area contributed by atoms with Crippen LogP contribution in [0.25, 0.3) is 0 Å². The number of benzene rings is 1. The second-order valence-corrected chi connectivity index (χ2v) is 6.70. The summed E-state index contributed by atoms with van der Waals surface area (Å²) in [7, 11) is 0. The zero-order valence-corrected chi connectivity index (χ0v) is 12.3. The molecular formula is C14H20ClNS. The summed E-state index contributed by atoms with van der Waals surface area (Å²) >= 11 is 8.67. The summed E-state index contributed by atoms with van der Waals surface area (Å²) < 4.78 is 0. The van der Waals surface area contributed by atoms with Gasteiger partial charge in [0.1, 0.15) is 0 Å². The number of rotatable bonds is 4. The summed E-state index contributed by atoms with van der Waals surface area (Å²) in [5, 5.41) is 3.41. The van der Waals surface area contributed by atoms with Crippen molar-refractivity contribution in [1.29, 1.82) is 0 Å². The standard InChI is InChI=1S/C14H20ClNS/c1-4-16-10(2)14(3,15)12-5-6-13-11(9-12)7-8-17-13/h5-6,9-10,16H,4,7-8H2,1-3H3. The van der Waals surface area contributed by atoms with E-state index in [1.807, 2.05) is 11.8 Å². The molecule has 1 aliphatic rings. The maximum Gasteiger partial charge on any atom is 0.0816 e. The third-order valence-electron chi connectivity index (χ3n) is 3.58. The Morgan fingerprint density at radius 2 is 2.29 bits per heavy atom. The largest absolute Gasteiger partial charge is 0.312 e. The van der Waals surface area contributed by atoms with Crippen molar-refractivity contribution in [2.45, 2.75) is 43.0 Å². The average molecular weight is 270 g/mol. The molecule has 94 valence electrons. The topological polar surface area (TPSA) is 12.0 Å². The lowest BCUT2D eigenvalue weighted by Gasteiger charge is -2.31. The summed E-state index contributed by atoms with van der Waals surface area (Å²) in [6.45, 7) is 7.32. The Morgan fingerprint density at radius 1 is 1.53 bits per heavy atom. The molecule has 0 aliphatic carbocycles. The minimum atomic E-state index is -0.335. The molecule has 2 atom stereocenters. The van der Waals surface area contributed by atoms with Crippen molar-refractivity contribution in [3.05, 3.63) is 29.3 Å². The molecule has 1 nitrogen and oxygen atoms in total. The van der Waals surface area contributed by atoms with Crippen LogP contribution in [0.2, 0.25) is 0 Å². The highest BCUT2D eigenvalue weighted by molar-refractivity contribution is 7.99. The van der Waals surface area contributed by atoms with Crippen molar-refractivity contribution in [2.24, 2.45) is 0 Å². The summed E-state index contributed by atoms with van der Waals surface area (Å²) in [4.78, 5) is 1.09. The van der Waals surface area contributed by atoms with E-state index >= 15 is 0 Å². The molecule has 2 rings (SSSR count). The molecule has 3 heteroatoms. The molecule has 0 amide bonds. The van der Waals surface area contributed by atoms with Gasteiger partial charge in [-0.15, -0.1) is 23.4 Å². The van der Waals surface area contributed by atoms with Gasteiger partial charge in [-0.25, -0.2) is 0 Å². The predicted octanol–water partition coefficient (Wildman–Crippen LogP) is 3.79. The Balaban J connectivity index is 2.26. The number of hydrogen-bond donors (Lipinski definition) is 1. The Kier molecular flexibility index (Phi) is 4.06. The maximum atomic E-state index is 6.72. The van der Waals surface area contributed by atoms with Crippen molar-refractivity contribution in [3.63, 3.8) is 0 Å². The molecule has 1 aromatic carbocycles. The van der Waals surface area contributed by atoms with E-state index in [4.69, 9.17) is 11.6 Å². The normalized spacial score (nSPS) is 19.8. The van der Waals surface area contributed by atoms with Gasteiger partial charge < -0.3 is 5.32 Å². The molecular weight excluding hydrogens is 250 g/mol. The first-order valence-corrected chi connectivity index (χ1v) is 7.60. The fourth-order valence-electron chi connectivity index (χ4n) is 2.24. The first-order chi connectivity index (χ1) is 8.05. The predicted molar refractivity (Wildman–Crippen MR) is 77.2 cm³/mol. The van der Waals surface area contributed by atoms with E-state index in [-0.39, 0.29) is 10.9 Å². The molecule has 1 aliphatic heterocycles. The summed E-state index contributed by atoms with van der Waals surface area (Å²) in [6, 6.07) is 6.96. The van der Waals surface area contributed by atoms with Crippen LogP contribution in [0.3, 0.4) is 0 Å². The van der Waals surface area contributed by atoms with Crippen LogP contribution in [0.4, 0.5) is 0 Å².